The molecular formula is C21H21F2N3O5. The van der Waals surface area contributed by atoms with E-state index >= 15 is 0 Å². The second-order valence-electron chi connectivity index (χ2n) is 7.58. The summed E-state index contributed by atoms with van der Waals surface area (Å²) in [7, 11) is 0. The summed E-state index contributed by atoms with van der Waals surface area (Å²) >= 11 is 0. The number of nitrogens with one attached hydrogen (secondary N) is 1. The van der Waals surface area contributed by atoms with E-state index in [1.165, 1.54) is 11.0 Å². The van der Waals surface area contributed by atoms with E-state index in [1.807, 2.05) is 0 Å². The molecule has 3 heterocycles. The Morgan fingerprint density at radius 3 is 2.87 bits per heavy atom. The first-order chi connectivity index (χ1) is 14.8. The zero-order valence-electron chi connectivity index (χ0n) is 16.7. The van der Waals surface area contributed by atoms with Crippen LogP contribution in [0.25, 0.3) is 0 Å². The number of halogens is 2. The molecule has 8 nitrogen and oxygen atoms in total. The van der Waals surface area contributed by atoms with Gasteiger partial charge in [0.15, 0.2) is 12.0 Å². The van der Waals surface area contributed by atoms with Crippen molar-refractivity contribution in [1.82, 2.24) is 14.8 Å². The highest BCUT2D eigenvalue weighted by atomic mass is 19.1. The van der Waals surface area contributed by atoms with E-state index < -0.39 is 34.9 Å². The molecule has 1 fully saturated rings. The van der Waals surface area contributed by atoms with E-state index in [9.17, 15) is 28.3 Å². The fraction of sp³-hybridized carbons (Fsp3) is 0.381. The first kappa shape index (κ1) is 21.0. The maximum absolute atomic E-state index is 13.9. The Labute approximate surface area is 176 Å². The summed E-state index contributed by atoms with van der Waals surface area (Å²) in [5.41, 5.74) is -0.291. The molecule has 10 heteroatoms. The summed E-state index contributed by atoms with van der Waals surface area (Å²) in [6.07, 6.45) is 0.994. The molecule has 2 aliphatic rings. The molecule has 1 aromatic carbocycles. The summed E-state index contributed by atoms with van der Waals surface area (Å²) in [5.74, 6) is -2.89. The molecule has 31 heavy (non-hydrogen) atoms. The predicted molar refractivity (Wildman–Crippen MR) is 105 cm³/mol. The van der Waals surface area contributed by atoms with E-state index in [0.717, 1.165) is 6.07 Å². The highest BCUT2D eigenvalue weighted by molar-refractivity contribution is 5.95. The second kappa shape index (κ2) is 8.10. The summed E-state index contributed by atoms with van der Waals surface area (Å²) in [5, 5.41) is 12.9. The third-order valence-corrected chi connectivity index (χ3v) is 5.85. The van der Waals surface area contributed by atoms with Crippen LogP contribution in [0.2, 0.25) is 0 Å². The van der Waals surface area contributed by atoms with Crippen LogP contribution >= 0.6 is 0 Å². The lowest BCUT2D eigenvalue weighted by atomic mass is 10.1. The standard InChI is InChI=1S/C21H21F2N3O5/c1-11-18(28)19(29)17(20(30)24-9-12-2-3-13(22)8-14(12)23)15-4-5-16(26(11)15)21-25(10-27)6-7-31-21/h2-3,8,10,16,21,28H,4-7,9H2,1H3,(H,24,30). The first-order valence-electron chi connectivity index (χ1n) is 9.85. The minimum absolute atomic E-state index is 0.0571. The number of benzene rings is 1. The van der Waals surface area contributed by atoms with Crippen molar-refractivity contribution in [3.63, 3.8) is 0 Å². The number of rotatable bonds is 5. The van der Waals surface area contributed by atoms with Crippen molar-refractivity contribution in [2.75, 3.05) is 13.2 Å². The molecule has 2 N–H and O–H groups in total. The fourth-order valence-electron chi connectivity index (χ4n) is 4.34. The van der Waals surface area contributed by atoms with Gasteiger partial charge in [-0.3, -0.25) is 14.4 Å². The van der Waals surface area contributed by atoms with Crippen molar-refractivity contribution < 1.29 is 28.2 Å². The van der Waals surface area contributed by atoms with E-state index in [-0.39, 0.29) is 29.4 Å². The number of fused-ring (bicyclic) bond motifs is 1. The second-order valence-corrected chi connectivity index (χ2v) is 7.58. The maximum atomic E-state index is 13.9. The quantitative estimate of drug-likeness (QED) is 0.694. The van der Waals surface area contributed by atoms with Crippen LogP contribution in [0.4, 0.5) is 8.78 Å². The van der Waals surface area contributed by atoms with Crippen molar-refractivity contribution >= 4 is 12.3 Å². The molecular weight excluding hydrogens is 412 g/mol. The van der Waals surface area contributed by atoms with E-state index in [1.54, 1.807) is 11.5 Å². The Morgan fingerprint density at radius 2 is 2.16 bits per heavy atom. The molecule has 0 bridgehead atoms. The van der Waals surface area contributed by atoms with Crippen molar-refractivity contribution in [1.29, 1.82) is 0 Å². The van der Waals surface area contributed by atoms with Gasteiger partial charge >= 0.3 is 0 Å². The lowest BCUT2D eigenvalue weighted by Crippen LogP contribution is -2.37. The molecule has 2 amide bonds. The van der Waals surface area contributed by atoms with Crippen molar-refractivity contribution in [3.05, 3.63) is 62.6 Å². The van der Waals surface area contributed by atoms with Gasteiger partial charge in [-0.2, -0.15) is 0 Å². The van der Waals surface area contributed by atoms with Gasteiger partial charge in [-0.05, 0) is 25.8 Å². The maximum Gasteiger partial charge on any atom is 0.257 e. The van der Waals surface area contributed by atoms with Gasteiger partial charge in [0.25, 0.3) is 5.91 Å². The molecule has 0 radical (unpaired) electrons. The molecule has 0 saturated carbocycles. The number of carbonyl (C=O) groups excluding carboxylic acids is 2. The molecule has 2 atom stereocenters. The van der Waals surface area contributed by atoms with E-state index in [4.69, 9.17) is 4.74 Å². The van der Waals surface area contributed by atoms with Crippen LogP contribution in [0, 0.1) is 18.6 Å². The molecule has 2 aliphatic heterocycles. The number of carbonyl (C=O) groups is 2. The smallest absolute Gasteiger partial charge is 0.257 e. The van der Waals surface area contributed by atoms with Gasteiger partial charge in [-0.1, -0.05) is 6.07 Å². The lowest BCUT2D eigenvalue weighted by molar-refractivity contribution is -0.124. The average molecular weight is 433 g/mol. The Balaban J connectivity index is 1.67. The van der Waals surface area contributed by atoms with Crippen LogP contribution in [-0.2, 0) is 22.5 Å². The van der Waals surface area contributed by atoms with Crippen LogP contribution in [0.3, 0.4) is 0 Å². The number of pyridine rings is 1. The van der Waals surface area contributed by atoms with Crippen LogP contribution < -0.4 is 10.7 Å². The molecule has 4 rings (SSSR count). The highest BCUT2D eigenvalue weighted by Gasteiger charge is 2.40. The molecule has 0 aliphatic carbocycles. The van der Waals surface area contributed by atoms with E-state index in [0.29, 0.717) is 44.2 Å². The fourth-order valence-corrected chi connectivity index (χ4v) is 4.34. The first-order valence-corrected chi connectivity index (χ1v) is 9.85. The third kappa shape index (κ3) is 3.56. The Morgan fingerprint density at radius 1 is 1.39 bits per heavy atom. The summed E-state index contributed by atoms with van der Waals surface area (Å²) in [4.78, 5) is 38.4. The topological polar surface area (TPSA) is 101 Å². The van der Waals surface area contributed by atoms with Crippen molar-refractivity contribution in [3.8, 4) is 5.75 Å². The van der Waals surface area contributed by atoms with Gasteiger partial charge < -0.3 is 24.6 Å². The van der Waals surface area contributed by atoms with Gasteiger partial charge in [0.05, 0.1) is 18.3 Å². The highest BCUT2D eigenvalue weighted by Crippen LogP contribution is 2.36. The molecule has 2 unspecified atom stereocenters. The number of ether oxygens (including phenoxy) is 1. The Hall–Kier alpha value is -3.27. The van der Waals surface area contributed by atoms with E-state index in [2.05, 4.69) is 5.32 Å². The van der Waals surface area contributed by atoms with Gasteiger partial charge in [-0.15, -0.1) is 0 Å². The van der Waals surface area contributed by atoms with Gasteiger partial charge in [-0.25, -0.2) is 8.78 Å². The predicted octanol–water partition coefficient (Wildman–Crippen LogP) is 1.37. The number of aromatic nitrogens is 1. The normalized spacial score (nSPS) is 20.0. The molecule has 0 spiro atoms. The van der Waals surface area contributed by atoms with Crippen molar-refractivity contribution in [2.45, 2.75) is 38.6 Å². The van der Waals surface area contributed by atoms with Gasteiger partial charge in [0, 0.05) is 30.4 Å². The van der Waals surface area contributed by atoms with Crippen LogP contribution in [0.15, 0.2) is 23.0 Å². The number of nitrogens with zero attached hydrogens (tertiary/aromatic N) is 2. The number of hydrogen-bond acceptors (Lipinski definition) is 5. The summed E-state index contributed by atoms with van der Waals surface area (Å²) in [6, 6.07) is 2.61. The van der Waals surface area contributed by atoms with Crippen LogP contribution in [-0.4, -0.2) is 46.3 Å². The summed E-state index contributed by atoms with van der Waals surface area (Å²) in [6.45, 7) is 2.11. The van der Waals surface area contributed by atoms with Gasteiger partial charge in [0.1, 0.15) is 17.2 Å². The Kier molecular flexibility index (Phi) is 5.48. The molecule has 2 aromatic rings. The third-order valence-electron chi connectivity index (χ3n) is 5.85. The monoisotopic (exact) mass is 433 g/mol. The summed E-state index contributed by atoms with van der Waals surface area (Å²) < 4.78 is 34.3. The van der Waals surface area contributed by atoms with Crippen LogP contribution in [0.1, 0.15) is 39.8 Å². The zero-order chi connectivity index (χ0) is 22.3. The number of amides is 2. The minimum Gasteiger partial charge on any atom is -0.503 e. The largest absolute Gasteiger partial charge is 0.503 e. The number of aromatic hydroxyl groups is 1. The zero-order valence-corrected chi connectivity index (χ0v) is 16.7. The molecule has 164 valence electrons. The van der Waals surface area contributed by atoms with Gasteiger partial charge in [0.2, 0.25) is 11.8 Å². The average Bonchev–Trinajstić information content (AvgIpc) is 3.38. The SMILES string of the molecule is Cc1c(O)c(=O)c(C(=O)NCc2ccc(F)cc2F)c2n1C(C1OCCN1C=O)CC2. The minimum atomic E-state index is -0.818. The van der Waals surface area contributed by atoms with Crippen molar-refractivity contribution in [2.24, 2.45) is 0 Å². The molecule has 1 saturated heterocycles. The lowest BCUT2D eigenvalue weighted by Gasteiger charge is -2.28. The number of hydrogen-bond donors (Lipinski definition) is 2. The molecule has 1 aromatic heterocycles. The Bertz CT molecular complexity index is 1120. The van der Waals surface area contributed by atoms with Crippen LogP contribution in [0.5, 0.6) is 5.75 Å².